The van der Waals surface area contributed by atoms with E-state index in [4.69, 9.17) is 0 Å². The number of anilines is 2. The SMILES string of the molecule is Cc1ccc2c(c1)C(C)(C)C(=CC=C1CCCC(C=CC3=[N+](CCC[N+](C)(C)C)c4ccc(S(=O)(=O)O)cc4C3(C)C)=C1Nc1ccc(CCNC(C)(C)C)cc1)N2CCC[N+](C)(C)C. The summed E-state index contributed by atoms with van der Waals surface area (Å²) in [6, 6.07) is 20.9. The van der Waals surface area contributed by atoms with E-state index in [1.165, 1.54) is 45.3 Å². The fraction of sp³-hybridized carbons (Fsp3) is 0.509. The molecule has 6 rings (SSSR count). The van der Waals surface area contributed by atoms with Gasteiger partial charge in [-0.3, -0.25) is 4.55 Å². The highest BCUT2D eigenvalue weighted by molar-refractivity contribution is 7.85. The summed E-state index contributed by atoms with van der Waals surface area (Å²) in [5.41, 5.74) is 13.8. The van der Waals surface area contributed by atoms with Gasteiger partial charge in [-0.15, -0.1) is 0 Å². The molecule has 0 aromatic heterocycles. The summed E-state index contributed by atoms with van der Waals surface area (Å²) < 4.78 is 39.0. The van der Waals surface area contributed by atoms with E-state index in [0.717, 1.165) is 109 Å². The Kier molecular flexibility index (Phi) is 14.7. The van der Waals surface area contributed by atoms with Crippen LogP contribution in [0.5, 0.6) is 0 Å². The van der Waals surface area contributed by atoms with Crippen LogP contribution in [-0.2, 0) is 27.4 Å². The van der Waals surface area contributed by atoms with Crippen LogP contribution in [0.2, 0.25) is 0 Å². The molecular formula is C55H81N6O3S+3. The Morgan fingerprint density at radius 1 is 0.815 bits per heavy atom. The summed E-state index contributed by atoms with van der Waals surface area (Å²) in [7, 11) is 9.09. The molecule has 9 nitrogen and oxygen atoms in total. The number of nitrogens with one attached hydrogen (secondary N) is 2. The van der Waals surface area contributed by atoms with Crippen LogP contribution in [0, 0.1) is 6.92 Å². The van der Waals surface area contributed by atoms with Gasteiger partial charge in [-0.05, 0) is 132 Å². The Morgan fingerprint density at radius 2 is 1.49 bits per heavy atom. The van der Waals surface area contributed by atoms with Crippen LogP contribution in [0.3, 0.4) is 0 Å². The first-order valence-corrected chi connectivity index (χ1v) is 25.3. The predicted molar refractivity (Wildman–Crippen MR) is 273 cm³/mol. The maximum atomic E-state index is 12.4. The maximum absolute atomic E-state index is 12.4. The van der Waals surface area contributed by atoms with Gasteiger partial charge in [0.15, 0.2) is 12.3 Å². The van der Waals surface area contributed by atoms with Crippen LogP contribution < -0.4 is 15.5 Å². The molecule has 352 valence electrons. The van der Waals surface area contributed by atoms with Crippen LogP contribution in [-0.4, -0.2) is 113 Å². The summed E-state index contributed by atoms with van der Waals surface area (Å²) in [5.74, 6) is 0. The fourth-order valence-corrected chi connectivity index (χ4v) is 10.3. The van der Waals surface area contributed by atoms with Crippen molar-refractivity contribution < 1.29 is 26.5 Å². The first-order valence-electron chi connectivity index (χ1n) is 23.8. The van der Waals surface area contributed by atoms with Crippen molar-refractivity contribution in [3.05, 3.63) is 130 Å². The van der Waals surface area contributed by atoms with Gasteiger partial charge in [0, 0.05) is 64.4 Å². The van der Waals surface area contributed by atoms with E-state index >= 15 is 0 Å². The Labute approximate surface area is 393 Å². The van der Waals surface area contributed by atoms with Crippen molar-refractivity contribution in [2.24, 2.45) is 0 Å². The highest BCUT2D eigenvalue weighted by atomic mass is 32.2. The molecular weight excluding hydrogens is 825 g/mol. The molecule has 0 amide bonds. The normalized spacial score (nSPS) is 19.0. The summed E-state index contributed by atoms with van der Waals surface area (Å²) in [4.78, 5) is 2.50. The molecule has 1 aliphatic carbocycles. The zero-order valence-corrected chi connectivity index (χ0v) is 43.1. The quantitative estimate of drug-likeness (QED) is 0.0711. The maximum Gasteiger partial charge on any atom is 0.294 e. The minimum Gasteiger partial charge on any atom is -0.355 e. The van der Waals surface area contributed by atoms with E-state index in [9.17, 15) is 13.0 Å². The molecule has 0 radical (unpaired) electrons. The molecule has 0 saturated heterocycles. The third kappa shape index (κ3) is 12.4. The summed E-state index contributed by atoms with van der Waals surface area (Å²) in [5, 5.41) is 7.57. The summed E-state index contributed by atoms with van der Waals surface area (Å²) in [6.07, 6.45) is 15.3. The number of aryl methyl sites for hydroxylation is 1. The molecule has 0 bridgehead atoms. The summed E-state index contributed by atoms with van der Waals surface area (Å²) >= 11 is 0. The Hall–Kier alpha value is -4.32. The molecule has 3 aromatic carbocycles. The number of hydrogen-bond donors (Lipinski definition) is 3. The first kappa shape index (κ1) is 50.1. The second-order valence-corrected chi connectivity index (χ2v) is 24.3. The molecule has 3 aromatic rings. The number of hydrogen-bond acceptors (Lipinski definition) is 5. The Balaban J connectivity index is 1.45. The average Bonchev–Trinajstić information content (AvgIpc) is 3.52. The number of quaternary nitrogens is 2. The van der Waals surface area contributed by atoms with Gasteiger partial charge < -0.3 is 24.5 Å². The lowest BCUT2D eigenvalue weighted by Crippen LogP contribution is -2.37. The van der Waals surface area contributed by atoms with Crippen LogP contribution in [0.1, 0.15) is 103 Å². The van der Waals surface area contributed by atoms with E-state index in [-0.39, 0.29) is 15.8 Å². The van der Waals surface area contributed by atoms with Gasteiger partial charge in [0.2, 0.25) is 5.69 Å². The standard InChI is InChI=1S/C55H79N6O3S/c1-40-20-28-48-46(38-40)54(5,6)50(58(48)34-16-36-60(9,10)11)30-23-42-18-15-19-43(52(42)57-44-25-21-41(22-26-44)32-33-56-53(2,3)4)24-31-51-55(7,8)47-39-45(65(62,63)64)27-29-49(47)59(51)35-17-37-61(12,13)14/h20-31,38-39,56H,15-19,32-37H2,1-14H3/q+1/p+2. The van der Waals surface area contributed by atoms with Gasteiger partial charge in [-0.2, -0.15) is 13.0 Å². The minimum atomic E-state index is -4.36. The number of fused-ring (bicyclic) bond motifs is 2. The number of nitrogens with zero attached hydrogens (tertiary/aromatic N) is 4. The smallest absolute Gasteiger partial charge is 0.294 e. The highest BCUT2D eigenvalue weighted by Gasteiger charge is 2.45. The van der Waals surface area contributed by atoms with Gasteiger partial charge in [0.05, 0.1) is 72.1 Å². The van der Waals surface area contributed by atoms with Crippen molar-refractivity contribution in [1.82, 2.24) is 5.32 Å². The number of allylic oxidation sites excluding steroid dienone is 7. The highest BCUT2D eigenvalue weighted by Crippen LogP contribution is 2.48. The third-order valence-electron chi connectivity index (χ3n) is 13.3. The molecule has 3 aliphatic rings. The van der Waals surface area contributed by atoms with E-state index in [1.807, 2.05) is 6.07 Å². The number of rotatable bonds is 17. The topological polar surface area (TPSA) is 84.7 Å². The molecule has 2 heterocycles. The van der Waals surface area contributed by atoms with Crippen molar-refractivity contribution in [3.63, 3.8) is 0 Å². The molecule has 2 aliphatic heterocycles. The van der Waals surface area contributed by atoms with Gasteiger partial charge in [0.1, 0.15) is 0 Å². The van der Waals surface area contributed by atoms with Crippen molar-refractivity contribution in [2.75, 3.05) is 85.2 Å². The summed E-state index contributed by atoms with van der Waals surface area (Å²) in [6.45, 7) is 22.7. The van der Waals surface area contributed by atoms with E-state index in [0.29, 0.717) is 0 Å². The zero-order chi connectivity index (χ0) is 47.8. The van der Waals surface area contributed by atoms with Crippen molar-refractivity contribution in [3.8, 4) is 0 Å². The molecule has 65 heavy (non-hydrogen) atoms. The van der Waals surface area contributed by atoms with E-state index in [1.54, 1.807) is 6.07 Å². The van der Waals surface area contributed by atoms with Crippen molar-refractivity contribution >= 4 is 32.9 Å². The van der Waals surface area contributed by atoms with Gasteiger partial charge >= 0.3 is 0 Å². The molecule has 3 N–H and O–H groups in total. The molecule has 0 fully saturated rings. The third-order valence-corrected chi connectivity index (χ3v) is 14.2. The average molecular weight is 906 g/mol. The second-order valence-electron chi connectivity index (χ2n) is 22.9. The monoisotopic (exact) mass is 906 g/mol. The number of benzene rings is 3. The van der Waals surface area contributed by atoms with E-state index < -0.39 is 15.5 Å². The fourth-order valence-electron chi connectivity index (χ4n) is 9.75. The van der Waals surface area contributed by atoms with Crippen LogP contribution in [0.15, 0.2) is 112 Å². The molecule has 0 saturated carbocycles. The van der Waals surface area contributed by atoms with Crippen molar-refractivity contribution in [2.45, 2.75) is 115 Å². The lowest BCUT2D eigenvalue weighted by Gasteiger charge is -2.29. The zero-order valence-electron chi connectivity index (χ0n) is 42.3. The predicted octanol–water partition coefficient (Wildman–Crippen LogP) is 10.5. The lowest BCUT2D eigenvalue weighted by atomic mass is 9.81. The van der Waals surface area contributed by atoms with Crippen molar-refractivity contribution in [1.29, 1.82) is 0 Å². The largest absolute Gasteiger partial charge is 0.355 e. The molecule has 0 atom stereocenters. The van der Waals surface area contributed by atoms with Gasteiger partial charge in [-0.25, -0.2) is 0 Å². The molecule has 10 heteroatoms. The van der Waals surface area contributed by atoms with Gasteiger partial charge in [0.25, 0.3) is 10.1 Å². The lowest BCUT2D eigenvalue weighted by molar-refractivity contribution is -0.871. The second kappa shape index (κ2) is 19.1. The van der Waals surface area contributed by atoms with Crippen LogP contribution in [0.25, 0.3) is 0 Å². The van der Waals surface area contributed by atoms with Crippen LogP contribution >= 0.6 is 0 Å². The first-order chi connectivity index (χ1) is 30.1. The van der Waals surface area contributed by atoms with Crippen LogP contribution in [0.4, 0.5) is 17.1 Å². The minimum absolute atomic E-state index is 0.0710. The van der Waals surface area contributed by atoms with Gasteiger partial charge in [-0.1, -0.05) is 55.8 Å². The Bertz CT molecular complexity index is 2500. The molecule has 0 spiro atoms. The molecule has 0 unspecified atom stereocenters. The Morgan fingerprint density at radius 3 is 2.14 bits per heavy atom. The van der Waals surface area contributed by atoms with E-state index in [2.05, 4.69) is 185 Å².